The minimum atomic E-state index is -4.65. The summed E-state index contributed by atoms with van der Waals surface area (Å²) in [5, 5.41) is -0.454. The Kier molecular flexibility index (Phi) is 6.63. The van der Waals surface area contributed by atoms with Gasteiger partial charge in [-0.2, -0.15) is 13.2 Å². The minimum absolute atomic E-state index is 0.0111. The normalized spacial score (nSPS) is 16.6. The number of nitrogens with one attached hydrogen (secondary N) is 1. The third-order valence-corrected chi connectivity index (χ3v) is 6.26. The number of carbonyl (C=O) groups is 1. The van der Waals surface area contributed by atoms with E-state index in [2.05, 4.69) is 9.97 Å². The van der Waals surface area contributed by atoms with Gasteiger partial charge in [0, 0.05) is 36.8 Å². The molecule has 3 heterocycles. The Labute approximate surface area is 194 Å². The second kappa shape index (κ2) is 9.48. The van der Waals surface area contributed by atoms with E-state index in [0.717, 1.165) is 30.2 Å². The topological polar surface area (TPSA) is 75.3 Å². The summed E-state index contributed by atoms with van der Waals surface area (Å²) in [6.07, 6.45) is -2.24. The van der Waals surface area contributed by atoms with E-state index < -0.39 is 22.7 Å². The van der Waals surface area contributed by atoms with Gasteiger partial charge >= 0.3 is 6.18 Å². The Balaban J connectivity index is 1.51. The van der Waals surface area contributed by atoms with Crippen LogP contribution >= 0.6 is 0 Å². The molecule has 1 atom stereocenters. The van der Waals surface area contributed by atoms with Crippen molar-refractivity contribution < 1.29 is 22.7 Å². The zero-order valence-electron chi connectivity index (χ0n) is 19.0. The molecule has 0 bridgehead atoms. The van der Waals surface area contributed by atoms with Gasteiger partial charge in [-0.15, -0.1) is 0 Å². The maximum Gasteiger partial charge on any atom is 0.417 e. The van der Waals surface area contributed by atoms with E-state index in [1.54, 1.807) is 12.0 Å². The van der Waals surface area contributed by atoms with Gasteiger partial charge in [-0.1, -0.05) is 12.1 Å². The number of fused-ring (bicyclic) bond motifs is 1. The quantitative estimate of drug-likeness (QED) is 0.588. The number of aromatic amines is 1. The number of amides is 1. The molecule has 9 heteroatoms. The van der Waals surface area contributed by atoms with Crippen LogP contribution in [0.2, 0.25) is 0 Å². The highest BCUT2D eigenvalue weighted by Crippen LogP contribution is 2.34. The third-order valence-electron chi connectivity index (χ3n) is 6.26. The number of alkyl halides is 3. The van der Waals surface area contributed by atoms with Gasteiger partial charge in [0.25, 0.3) is 5.56 Å². The fourth-order valence-electron chi connectivity index (χ4n) is 4.52. The highest BCUT2D eigenvalue weighted by atomic mass is 19.4. The molecule has 1 aliphatic heterocycles. The second-order valence-corrected chi connectivity index (χ2v) is 8.65. The number of benzene rings is 1. The molecule has 0 saturated carbocycles. The van der Waals surface area contributed by atoms with E-state index in [-0.39, 0.29) is 23.0 Å². The first-order valence-corrected chi connectivity index (χ1v) is 11.2. The maximum atomic E-state index is 13.5. The van der Waals surface area contributed by atoms with Crippen molar-refractivity contribution in [3.05, 3.63) is 69.3 Å². The lowest BCUT2D eigenvalue weighted by molar-refractivity contribution is -0.136. The van der Waals surface area contributed by atoms with Crippen LogP contribution in [-0.2, 0) is 17.4 Å². The summed E-state index contributed by atoms with van der Waals surface area (Å²) in [7, 11) is 1.60. The molecule has 1 saturated heterocycles. The average molecular weight is 473 g/mol. The van der Waals surface area contributed by atoms with Crippen molar-refractivity contribution in [2.75, 3.05) is 20.2 Å². The number of likely N-dealkylation sites (tertiary alicyclic amines) is 1. The summed E-state index contributed by atoms with van der Waals surface area (Å²) in [4.78, 5) is 34.1. The van der Waals surface area contributed by atoms with E-state index in [9.17, 15) is 22.8 Å². The zero-order valence-corrected chi connectivity index (χ0v) is 19.0. The molecular formula is C25H26F3N3O3. The van der Waals surface area contributed by atoms with Crippen LogP contribution < -0.4 is 10.3 Å². The van der Waals surface area contributed by atoms with Crippen molar-refractivity contribution in [2.24, 2.45) is 0 Å². The van der Waals surface area contributed by atoms with Crippen LogP contribution in [-0.4, -0.2) is 41.0 Å². The summed E-state index contributed by atoms with van der Waals surface area (Å²) in [6.45, 7) is 2.49. The molecule has 3 aromatic rings. The van der Waals surface area contributed by atoms with E-state index >= 15 is 0 Å². The van der Waals surface area contributed by atoms with Gasteiger partial charge in [-0.05, 0) is 56.0 Å². The van der Waals surface area contributed by atoms with E-state index in [1.807, 2.05) is 24.3 Å². The molecule has 2 aromatic heterocycles. The van der Waals surface area contributed by atoms with Crippen LogP contribution in [0.4, 0.5) is 13.2 Å². The second-order valence-electron chi connectivity index (χ2n) is 8.65. The molecule has 1 N–H and O–H groups in total. The van der Waals surface area contributed by atoms with Crippen molar-refractivity contribution in [3.63, 3.8) is 0 Å². The molecule has 0 spiro atoms. The van der Waals surface area contributed by atoms with Crippen LogP contribution in [0.15, 0.2) is 41.2 Å². The molecule has 1 amide bonds. The number of aryl methyl sites for hydroxylation is 2. The van der Waals surface area contributed by atoms with Gasteiger partial charge in [0.15, 0.2) is 0 Å². The third kappa shape index (κ3) is 5.08. The summed E-state index contributed by atoms with van der Waals surface area (Å²) >= 11 is 0. The number of piperidine rings is 1. The first-order valence-electron chi connectivity index (χ1n) is 11.2. The first kappa shape index (κ1) is 23.8. The Morgan fingerprint density at radius 2 is 1.97 bits per heavy atom. The summed E-state index contributed by atoms with van der Waals surface area (Å²) in [6, 6.07) is 9.97. The summed E-state index contributed by atoms with van der Waals surface area (Å²) in [5.41, 5.74) is -0.0405. The molecule has 0 unspecified atom stereocenters. The number of ether oxygens (including phenoxy) is 1. The highest BCUT2D eigenvalue weighted by Gasteiger charge is 2.35. The molecule has 1 aromatic carbocycles. The fraction of sp³-hybridized carbons (Fsp3) is 0.400. The smallest absolute Gasteiger partial charge is 0.417 e. The van der Waals surface area contributed by atoms with Crippen LogP contribution in [0.5, 0.6) is 5.75 Å². The van der Waals surface area contributed by atoms with E-state index in [4.69, 9.17) is 4.74 Å². The van der Waals surface area contributed by atoms with Crippen molar-refractivity contribution in [1.82, 2.24) is 14.9 Å². The number of hydrogen-bond donors (Lipinski definition) is 1. The van der Waals surface area contributed by atoms with Crippen molar-refractivity contribution in [3.8, 4) is 5.75 Å². The van der Waals surface area contributed by atoms with Crippen LogP contribution in [0, 0.1) is 6.92 Å². The van der Waals surface area contributed by atoms with Gasteiger partial charge in [0.1, 0.15) is 5.75 Å². The summed E-state index contributed by atoms with van der Waals surface area (Å²) < 4.78 is 45.6. The molecule has 4 rings (SSSR count). The minimum Gasteiger partial charge on any atom is -0.497 e. The molecule has 34 heavy (non-hydrogen) atoms. The van der Waals surface area contributed by atoms with Crippen molar-refractivity contribution in [1.29, 1.82) is 0 Å². The summed E-state index contributed by atoms with van der Waals surface area (Å²) in [5.74, 6) is 0.592. The van der Waals surface area contributed by atoms with Crippen LogP contribution in [0.25, 0.3) is 10.9 Å². The SMILES string of the molecule is COc1ccc(CCC(=O)N2CCC[C@H](c3cc4nc(C)cc(C(F)(F)F)c4c(=O)[nH]3)C2)cc1. The van der Waals surface area contributed by atoms with E-state index in [0.29, 0.717) is 31.6 Å². The molecule has 180 valence electrons. The van der Waals surface area contributed by atoms with Crippen molar-refractivity contribution in [2.45, 2.75) is 44.7 Å². The standard InChI is InChI=1S/C25H26F3N3O3/c1-15-12-19(25(26,27)28)23-21(29-15)13-20(30-24(23)33)17-4-3-11-31(14-17)22(32)10-7-16-5-8-18(34-2)9-6-16/h5-6,8-9,12-13,17H,3-4,7,10-11,14H2,1-2H3,(H,30,33)/t17-/m0/s1. The zero-order chi connectivity index (χ0) is 24.5. The van der Waals surface area contributed by atoms with Gasteiger partial charge in [-0.25, -0.2) is 0 Å². The van der Waals surface area contributed by atoms with Gasteiger partial charge in [0.05, 0.1) is 23.6 Å². The highest BCUT2D eigenvalue weighted by molar-refractivity contribution is 5.82. The number of aromatic nitrogens is 2. The number of halogens is 3. The van der Waals surface area contributed by atoms with Gasteiger partial charge < -0.3 is 14.6 Å². The molecule has 1 aliphatic rings. The van der Waals surface area contributed by atoms with Crippen LogP contribution in [0.3, 0.4) is 0 Å². The lowest BCUT2D eigenvalue weighted by atomic mass is 9.93. The lowest BCUT2D eigenvalue weighted by Gasteiger charge is -2.33. The number of H-pyrrole nitrogens is 1. The number of rotatable bonds is 5. The average Bonchev–Trinajstić information content (AvgIpc) is 2.81. The predicted octanol–water partition coefficient (Wildman–Crippen LogP) is 4.60. The lowest BCUT2D eigenvalue weighted by Crippen LogP contribution is -2.39. The number of methoxy groups -OCH3 is 1. The largest absolute Gasteiger partial charge is 0.497 e. The Hall–Kier alpha value is -3.36. The van der Waals surface area contributed by atoms with Gasteiger partial charge in [-0.3, -0.25) is 14.6 Å². The number of carbonyl (C=O) groups excluding carboxylic acids is 1. The Bertz CT molecular complexity index is 1250. The van der Waals surface area contributed by atoms with E-state index in [1.165, 1.54) is 13.0 Å². The maximum absolute atomic E-state index is 13.5. The number of pyridine rings is 2. The van der Waals surface area contributed by atoms with Crippen molar-refractivity contribution >= 4 is 16.8 Å². The Morgan fingerprint density at radius 3 is 2.65 bits per heavy atom. The molecule has 0 aliphatic carbocycles. The molecule has 6 nitrogen and oxygen atoms in total. The van der Waals surface area contributed by atoms with Crippen LogP contribution in [0.1, 0.15) is 47.7 Å². The molecular weight excluding hydrogens is 447 g/mol. The first-order chi connectivity index (χ1) is 16.2. The molecule has 0 radical (unpaired) electrons. The number of hydrogen-bond acceptors (Lipinski definition) is 4. The predicted molar refractivity (Wildman–Crippen MR) is 122 cm³/mol. The fourth-order valence-corrected chi connectivity index (χ4v) is 4.52. The Morgan fingerprint density at radius 1 is 1.24 bits per heavy atom. The number of nitrogens with zero attached hydrogens (tertiary/aromatic N) is 2. The molecule has 1 fully saturated rings. The van der Waals surface area contributed by atoms with Gasteiger partial charge in [0.2, 0.25) is 5.91 Å². The monoisotopic (exact) mass is 473 g/mol.